The van der Waals surface area contributed by atoms with Gasteiger partial charge in [0.1, 0.15) is 0 Å². The molecule has 0 radical (unpaired) electrons. The van der Waals surface area contributed by atoms with Crippen LogP contribution >= 0.6 is 0 Å². The Hall–Kier alpha value is 0.571. The quantitative estimate of drug-likeness (QED) is 0.672. The number of carboxylic acids is 1. The standard InChI is InChI=1S/C2HF3O2.CH4O.Nd/c3-2(4,5)1(6)7;1-2;/h(H,6,7);2H,1H3;. The second-order valence-corrected chi connectivity index (χ2v) is 0.803. The minimum Gasteiger partial charge on any atom is -0.475 e. The molecule has 0 bridgehead atoms. The maximum Gasteiger partial charge on any atom is 0.490 e. The fourth-order valence-electron chi connectivity index (χ4n) is 0. The molecule has 0 amide bonds. The van der Waals surface area contributed by atoms with E-state index in [0.717, 1.165) is 7.11 Å². The van der Waals surface area contributed by atoms with E-state index in [1.54, 1.807) is 0 Å². The molecule has 0 rings (SSSR count). The molecule has 0 heterocycles. The molecule has 0 atom stereocenters. The summed E-state index contributed by atoms with van der Waals surface area (Å²) in [7, 11) is 1.00. The average molecular weight is 290 g/mol. The van der Waals surface area contributed by atoms with Crippen LogP contribution in [0.4, 0.5) is 13.2 Å². The Labute approximate surface area is 87.8 Å². The third-order valence-corrected chi connectivity index (χ3v) is 0.243. The van der Waals surface area contributed by atoms with Crippen LogP contribution in [-0.4, -0.2) is 29.5 Å². The number of hydrogen-bond donors (Lipinski definition) is 2. The fraction of sp³-hybridized carbons (Fsp3) is 0.667. The monoisotopic (exact) mass is 288 g/mol. The van der Waals surface area contributed by atoms with E-state index in [1.807, 2.05) is 0 Å². The van der Waals surface area contributed by atoms with Crippen molar-refractivity contribution >= 4 is 5.97 Å². The van der Waals surface area contributed by atoms with E-state index in [4.69, 9.17) is 15.0 Å². The summed E-state index contributed by atoms with van der Waals surface area (Å²) in [6, 6.07) is 0. The average Bonchev–Trinajstić information content (AvgIpc) is 1.69. The molecular weight excluding hydrogens is 285 g/mol. The molecule has 0 fully saturated rings. The second kappa shape index (κ2) is 7.68. The Morgan fingerprint density at radius 1 is 1.30 bits per heavy atom. The molecule has 0 aromatic rings. The van der Waals surface area contributed by atoms with Gasteiger partial charge in [-0.25, -0.2) is 4.79 Å². The van der Waals surface area contributed by atoms with Crippen molar-refractivity contribution in [1.82, 2.24) is 0 Å². The summed E-state index contributed by atoms with van der Waals surface area (Å²) in [6.07, 6.45) is -5.08. The summed E-state index contributed by atoms with van der Waals surface area (Å²) in [5.41, 5.74) is 0. The van der Waals surface area contributed by atoms with E-state index in [0.29, 0.717) is 0 Å². The van der Waals surface area contributed by atoms with Crippen LogP contribution in [0.1, 0.15) is 0 Å². The number of carboxylic acid groups (broad SMARTS) is 1. The first-order valence-electron chi connectivity index (χ1n) is 1.69. The second-order valence-electron chi connectivity index (χ2n) is 0.803. The van der Waals surface area contributed by atoms with Gasteiger partial charge >= 0.3 is 12.1 Å². The van der Waals surface area contributed by atoms with Crippen molar-refractivity contribution in [3.63, 3.8) is 0 Å². The Kier molecular flexibility index (Phi) is 13.0. The normalized spacial score (nSPS) is 8.50. The number of aliphatic carboxylic acids is 1. The van der Waals surface area contributed by atoms with Gasteiger partial charge in [0.25, 0.3) is 0 Å². The molecule has 3 nitrogen and oxygen atoms in total. The summed E-state index contributed by atoms with van der Waals surface area (Å²) in [4.78, 5) is 8.90. The molecule has 0 aromatic carbocycles. The van der Waals surface area contributed by atoms with Gasteiger partial charge in [0, 0.05) is 47.9 Å². The Morgan fingerprint density at radius 2 is 1.40 bits per heavy atom. The van der Waals surface area contributed by atoms with E-state index in [9.17, 15) is 13.2 Å². The Balaban J connectivity index is -0.000000149. The van der Waals surface area contributed by atoms with Crippen LogP contribution in [0.15, 0.2) is 0 Å². The van der Waals surface area contributed by atoms with Gasteiger partial charge in [-0.3, -0.25) is 0 Å². The van der Waals surface area contributed by atoms with Crippen LogP contribution < -0.4 is 0 Å². The van der Waals surface area contributed by atoms with Gasteiger partial charge < -0.3 is 10.2 Å². The molecule has 7 heteroatoms. The minimum absolute atomic E-state index is 0. The Bertz CT molecular complexity index is 91.5. The predicted molar refractivity (Wildman–Crippen MR) is 21.8 cm³/mol. The fourth-order valence-corrected chi connectivity index (χ4v) is 0. The van der Waals surface area contributed by atoms with Crippen LogP contribution in [0, 0.1) is 40.8 Å². The van der Waals surface area contributed by atoms with Crippen molar-refractivity contribution in [2.45, 2.75) is 6.18 Å². The van der Waals surface area contributed by atoms with Crippen molar-refractivity contribution in [3.8, 4) is 0 Å². The molecule has 0 aliphatic rings. The van der Waals surface area contributed by atoms with E-state index < -0.39 is 12.1 Å². The zero-order chi connectivity index (χ0) is 8.08. The number of hydrogen-bond acceptors (Lipinski definition) is 2. The van der Waals surface area contributed by atoms with Crippen molar-refractivity contribution in [1.29, 1.82) is 0 Å². The summed E-state index contributed by atoms with van der Waals surface area (Å²) in [6.45, 7) is 0. The van der Waals surface area contributed by atoms with Gasteiger partial charge in [-0.05, 0) is 0 Å². The SMILES string of the molecule is CO.O=C(O)C(F)(F)F.[Nd]. The number of alkyl halides is 3. The number of rotatable bonds is 0. The first-order chi connectivity index (χ1) is 3.94. The van der Waals surface area contributed by atoms with Gasteiger partial charge in [0.2, 0.25) is 0 Å². The molecule has 0 saturated heterocycles. The molecular formula is C3H5F3NdO3. The number of aliphatic hydroxyl groups excluding tert-OH is 1. The van der Waals surface area contributed by atoms with Gasteiger partial charge in [0.05, 0.1) is 0 Å². The van der Waals surface area contributed by atoms with Gasteiger partial charge in [0.15, 0.2) is 0 Å². The zero-order valence-corrected chi connectivity index (χ0v) is 8.14. The van der Waals surface area contributed by atoms with E-state index in [2.05, 4.69) is 0 Å². The molecule has 0 spiro atoms. The predicted octanol–water partition coefficient (Wildman–Crippen LogP) is 0.242. The molecule has 0 aliphatic heterocycles. The molecule has 0 saturated carbocycles. The number of halogens is 3. The van der Waals surface area contributed by atoms with Crippen LogP contribution in [-0.2, 0) is 4.79 Å². The van der Waals surface area contributed by atoms with Gasteiger partial charge in [-0.2, -0.15) is 13.2 Å². The third kappa shape index (κ3) is 11.4. The first kappa shape index (κ1) is 16.9. The molecule has 0 aliphatic carbocycles. The van der Waals surface area contributed by atoms with Gasteiger partial charge in [-0.15, -0.1) is 0 Å². The maximum atomic E-state index is 10.6. The summed E-state index contributed by atoms with van der Waals surface area (Å²) in [5, 5.41) is 14.1. The molecule has 60 valence electrons. The van der Waals surface area contributed by atoms with Crippen LogP contribution in [0.25, 0.3) is 0 Å². The summed E-state index contributed by atoms with van der Waals surface area (Å²) in [5.74, 6) is -2.76. The molecule has 10 heavy (non-hydrogen) atoms. The summed E-state index contributed by atoms with van der Waals surface area (Å²) >= 11 is 0. The van der Waals surface area contributed by atoms with E-state index in [-0.39, 0.29) is 40.8 Å². The topological polar surface area (TPSA) is 57.5 Å². The van der Waals surface area contributed by atoms with Crippen molar-refractivity contribution in [2.75, 3.05) is 7.11 Å². The smallest absolute Gasteiger partial charge is 0.475 e. The first-order valence-corrected chi connectivity index (χ1v) is 1.69. The van der Waals surface area contributed by atoms with Crippen LogP contribution in [0.5, 0.6) is 0 Å². The zero-order valence-electron chi connectivity index (χ0n) is 4.94. The third-order valence-electron chi connectivity index (χ3n) is 0.243. The molecule has 0 unspecified atom stereocenters. The van der Waals surface area contributed by atoms with Gasteiger partial charge in [-0.1, -0.05) is 0 Å². The van der Waals surface area contributed by atoms with Crippen LogP contribution in [0.3, 0.4) is 0 Å². The maximum absolute atomic E-state index is 10.6. The van der Waals surface area contributed by atoms with E-state index in [1.165, 1.54) is 0 Å². The molecule has 0 aromatic heterocycles. The minimum atomic E-state index is -5.08. The van der Waals surface area contributed by atoms with Crippen molar-refractivity contribution in [3.05, 3.63) is 0 Å². The molecule has 2 N–H and O–H groups in total. The largest absolute Gasteiger partial charge is 0.490 e. The number of carbonyl (C=O) groups is 1. The van der Waals surface area contributed by atoms with Crippen molar-refractivity contribution in [2.24, 2.45) is 0 Å². The Morgan fingerprint density at radius 3 is 1.40 bits per heavy atom. The summed E-state index contributed by atoms with van der Waals surface area (Å²) < 4.78 is 31.7. The number of aliphatic hydroxyl groups is 1. The van der Waals surface area contributed by atoms with E-state index >= 15 is 0 Å². The van der Waals surface area contributed by atoms with Crippen molar-refractivity contribution < 1.29 is 69.0 Å². The van der Waals surface area contributed by atoms with Crippen LogP contribution in [0.2, 0.25) is 0 Å².